The van der Waals surface area contributed by atoms with Gasteiger partial charge in [-0.3, -0.25) is 9.59 Å². The Morgan fingerprint density at radius 2 is 1.84 bits per heavy atom. The van der Waals surface area contributed by atoms with Gasteiger partial charge in [0, 0.05) is 24.1 Å². The van der Waals surface area contributed by atoms with Crippen molar-refractivity contribution in [3.05, 3.63) is 77.7 Å². The number of hydrogen-bond donors (Lipinski definition) is 1. The molecule has 31 heavy (non-hydrogen) atoms. The van der Waals surface area contributed by atoms with Gasteiger partial charge in [-0.2, -0.15) is 0 Å². The summed E-state index contributed by atoms with van der Waals surface area (Å²) in [5, 5.41) is 7.10. The summed E-state index contributed by atoms with van der Waals surface area (Å²) in [5.41, 5.74) is 1.21. The predicted molar refractivity (Wildman–Crippen MR) is 114 cm³/mol. The normalized spacial score (nSPS) is 10.8. The van der Waals surface area contributed by atoms with Crippen LogP contribution in [-0.2, 0) is 11.4 Å². The molecule has 0 fully saturated rings. The zero-order valence-electron chi connectivity index (χ0n) is 17.1. The van der Waals surface area contributed by atoms with Crippen molar-refractivity contribution in [3.63, 3.8) is 0 Å². The molecule has 2 aromatic heterocycles. The Hall–Kier alpha value is -4.07. The molecule has 0 unspecified atom stereocenters. The van der Waals surface area contributed by atoms with Crippen LogP contribution in [0.2, 0.25) is 0 Å². The van der Waals surface area contributed by atoms with Crippen molar-refractivity contribution in [2.75, 3.05) is 18.9 Å². The molecule has 158 valence electrons. The summed E-state index contributed by atoms with van der Waals surface area (Å²) in [4.78, 5) is 26.7. The third kappa shape index (κ3) is 4.58. The molecular formula is C23H21N3O5. The quantitative estimate of drug-likeness (QED) is 0.486. The second-order valence-electron chi connectivity index (χ2n) is 7.04. The van der Waals surface area contributed by atoms with Crippen molar-refractivity contribution in [1.82, 2.24) is 10.1 Å². The number of aryl methyl sites for hydroxylation is 1. The average Bonchev–Trinajstić information content (AvgIpc) is 3.35. The molecule has 8 nitrogen and oxygen atoms in total. The Balaban J connectivity index is 1.52. The monoisotopic (exact) mass is 419 g/mol. The first-order valence-corrected chi connectivity index (χ1v) is 9.68. The number of carbonyl (C=O) groups excluding carboxylic acids is 2. The van der Waals surface area contributed by atoms with Crippen LogP contribution in [0.4, 0.5) is 5.82 Å². The smallest absolute Gasteiger partial charge is 0.290 e. The Morgan fingerprint density at radius 3 is 2.58 bits per heavy atom. The highest BCUT2D eigenvalue weighted by Gasteiger charge is 2.25. The lowest BCUT2D eigenvalue weighted by Crippen LogP contribution is -2.35. The first-order valence-electron chi connectivity index (χ1n) is 9.68. The molecule has 0 spiro atoms. The third-order valence-electron chi connectivity index (χ3n) is 4.64. The third-order valence-corrected chi connectivity index (χ3v) is 4.64. The number of carbonyl (C=O) groups is 2. The molecule has 0 bridgehead atoms. The molecule has 0 saturated carbocycles. The van der Waals surface area contributed by atoms with E-state index < -0.39 is 11.8 Å². The molecule has 0 aliphatic carbocycles. The lowest BCUT2D eigenvalue weighted by Gasteiger charge is -2.16. The van der Waals surface area contributed by atoms with Crippen molar-refractivity contribution in [3.8, 4) is 5.75 Å². The van der Waals surface area contributed by atoms with Gasteiger partial charge < -0.3 is 23.9 Å². The van der Waals surface area contributed by atoms with Gasteiger partial charge in [-0.05, 0) is 25.1 Å². The molecule has 0 atom stereocenters. The van der Waals surface area contributed by atoms with Gasteiger partial charge in [0.05, 0.1) is 0 Å². The Bertz CT molecular complexity index is 1210. The highest BCUT2D eigenvalue weighted by Crippen LogP contribution is 2.28. The van der Waals surface area contributed by atoms with E-state index in [4.69, 9.17) is 13.7 Å². The van der Waals surface area contributed by atoms with E-state index in [0.717, 1.165) is 5.39 Å². The molecule has 4 aromatic rings. The minimum absolute atomic E-state index is 0.143. The number of rotatable bonds is 7. The minimum atomic E-state index is -0.422. The molecule has 0 aliphatic heterocycles. The van der Waals surface area contributed by atoms with Gasteiger partial charge in [0.1, 0.15) is 30.2 Å². The van der Waals surface area contributed by atoms with Gasteiger partial charge >= 0.3 is 0 Å². The van der Waals surface area contributed by atoms with Crippen LogP contribution in [0.3, 0.4) is 0 Å². The first kappa shape index (κ1) is 20.2. The van der Waals surface area contributed by atoms with Crippen LogP contribution in [-0.4, -0.2) is 35.5 Å². The van der Waals surface area contributed by atoms with Gasteiger partial charge in [-0.25, -0.2) is 0 Å². The summed E-state index contributed by atoms with van der Waals surface area (Å²) in [6.07, 6.45) is 0. The number of likely N-dealkylation sites (N-methyl/N-ethyl adjacent to an activating group) is 1. The van der Waals surface area contributed by atoms with Crippen LogP contribution in [0.1, 0.15) is 21.9 Å². The van der Waals surface area contributed by atoms with Crippen LogP contribution >= 0.6 is 0 Å². The highest BCUT2D eigenvalue weighted by atomic mass is 16.5. The molecule has 0 aliphatic rings. The van der Waals surface area contributed by atoms with E-state index in [1.807, 2.05) is 48.5 Å². The van der Waals surface area contributed by atoms with Crippen LogP contribution in [0.25, 0.3) is 11.0 Å². The Kier molecular flexibility index (Phi) is 5.70. The molecule has 1 N–H and O–H groups in total. The number of nitrogens with one attached hydrogen (secondary N) is 1. The number of fused-ring (bicyclic) bond motifs is 1. The minimum Gasteiger partial charge on any atom is -0.489 e. The lowest BCUT2D eigenvalue weighted by molar-refractivity contribution is -0.116. The van der Waals surface area contributed by atoms with Crippen LogP contribution in [0, 0.1) is 6.92 Å². The van der Waals surface area contributed by atoms with E-state index in [2.05, 4.69) is 10.5 Å². The van der Waals surface area contributed by atoms with E-state index in [1.165, 1.54) is 11.9 Å². The topological polar surface area (TPSA) is 97.8 Å². The van der Waals surface area contributed by atoms with Crippen LogP contribution in [0.5, 0.6) is 5.75 Å². The van der Waals surface area contributed by atoms with Gasteiger partial charge in [-0.1, -0.05) is 41.6 Å². The van der Waals surface area contributed by atoms with E-state index in [0.29, 0.717) is 28.5 Å². The zero-order chi connectivity index (χ0) is 21.8. The molecule has 0 radical (unpaired) electrons. The van der Waals surface area contributed by atoms with Crippen molar-refractivity contribution < 1.29 is 23.3 Å². The summed E-state index contributed by atoms with van der Waals surface area (Å²) in [6, 6.07) is 18.3. The second kappa shape index (κ2) is 8.74. The van der Waals surface area contributed by atoms with Gasteiger partial charge in [0.15, 0.2) is 11.6 Å². The van der Waals surface area contributed by atoms with Gasteiger partial charge in [0.2, 0.25) is 5.91 Å². The Labute approximate surface area is 178 Å². The highest BCUT2D eigenvalue weighted by molar-refractivity contribution is 6.01. The molecule has 8 heteroatoms. The zero-order valence-corrected chi connectivity index (χ0v) is 17.1. The van der Waals surface area contributed by atoms with E-state index in [1.54, 1.807) is 19.1 Å². The van der Waals surface area contributed by atoms with Crippen LogP contribution in [0.15, 0.2) is 69.6 Å². The fraction of sp³-hybridized carbons (Fsp3) is 0.174. The van der Waals surface area contributed by atoms with Crippen molar-refractivity contribution in [2.24, 2.45) is 0 Å². The summed E-state index contributed by atoms with van der Waals surface area (Å²) in [6.45, 7) is 1.69. The maximum absolute atomic E-state index is 13.1. The molecule has 2 amide bonds. The van der Waals surface area contributed by atoms with Crippen molar-refractivity contribution in [2.45, 2.75) is 13.5 Å². The fourth-order valence-corrected chi connectivity index (χ4v) is 3.16. The number of amides is 2. The summed E-state index contributed by atoms with van der Waals surface area (Å²) in [7, 11) is 1.53. The van der Waals surface area contributed by atoms with Gasteiger partial charge in [0.25, 0.3) is 5.91 Å². The Morgan fingerprint density at radius 1 is 1.10 bits per heavy atom. The standard InChI is InChI=1S/C23H21N3O5/c1-15-12-20(25-31-15)24-21(27)13-26(2)23(28)22-18(14-29-16-8-4-3-5-9-16)17-10-6-7-11-19(17)30-22/h3-12H,13-14H2,1-2H3,(H,24,25,27). The largest absolute Gasteiger partial charge is 0.489 e. The number of ether oxygens (including phenoxy) is 1. The summed E-state index contributed by atoms with van der Waals surface area (Å²) >= 11 is 0. The number of nitrogens with zero attached hydrogens (tertiary/aromatic N) is 2. The fourth-order valence-electron chi connectivity index (χ4n) is 3.16. The number of benzene rings is 2. The van der Waals surface area contributed by atoms with E-state index in [9.17, 15) is 9.59 Å². The van der Waals surface area contributed by atoms with E-state index in [-0.39, 0.29) is 18.9 Å². The number of para-hydroxylation sites is 2. The predicted octanol–water partition coefficient (Wildman–Crippen LogP) is 4.02. The molecule has 4 rings (SSSR count). The number of aromatic nitrogens is 1. The van der Waals surface area contributed by atoms with Gasteiger partial charge in [-0.15, -0.1) is 0 Å². The number of furan rings is 1. The van der Waals surface area contributed by atoms with Crippen molar-refractivity contribution >= 4 is 28.6 Å². The first-order chi connectivity index (χ1) is 15.0. The summed E-state index contributed by atoms with van der Waals surface area (Å²) in [5.74, 6) is 0.873. The second-order valence-corrected chi connectivity index (χ2v) is 7.04. The SMILES string of the molecule is Cc1cc(NC(=O)CN(C)C(=O)c2oc3ccccc3c2COc2ccccc2)no1. The molecule has 2 aromatic carbocycles. The van der Waals surface area contributed by atoms with E-state index >= 15 is 0 Å². The lowest BCUT2D eigenvalue weighted by atomic mass is 10.1. The molecule has 2 heterocycles. The number of hydrogen-bond acceptors (Lipinski definition) is 6. The maximum Gasteiger partial charge on any atom is 0.290 e. The molecular weight excluding hydrogens is 398 g/mol. The maximum atomic E-state index is 13.1. The number of anilines is 1. The van der Waals surface area contributed by atoms with Crippen LogP contribution < -0.4 is 10.1 Å². The summed E-state index contributed by atoms with van der Waals surface area (Å²) < 4.78 is 16.6. The molecule has 0 saturated heterocycles. The average molecular weight is 419 g/mol. The van der Waals surface area contributed by atoms with Crippen molar-refractivity contribution in [1.29, 1.82) is 0 Å².